The fourth-order valence-corrected chi connectivity index (χ4v) is 4.23. The van der Waals surface area contributed by atoms with Crippen LogP contribution in [0.2, 0.25) is 0 Å². The standard InChI is InChI=1S/C25H21N5O4/c31-22-12-11-21(27-28-22)15-5-3-7-17(13-15)26-23(32)16-6-4-8-18(14-16)30-25(34)20-10-2-1-9-19(20)24(33)29-30/h1-8,11-14,19-20H,9-10H2,(H,26,32)(H,28,31)(H,29,33). The highest BCUT2D eigenvalue weighted by atomic mass is 16.2. The van der Waals surface area contributed by atoms with Crippen molar-refractivity contribution < 1.29 is 14.4 Å². The second kappa shape index (κ2) is 8.78. The molecule has 0 saturated carbocycles. The summed E-state index contributed by atoms with van der Waals surface area (Å²) in [5, 5.41) is 10.5. The molecule has 0 spiro atoms. The van der Waals surface area contributed by atoms with Gasteiger partial charge in [0.25, 0.3) is 11.5 Å². The van der Waals surface area contributed by atoms with Crippen LogP contribution in [0, 0.1) is 11.8 Å². The van der Waals surface area contributed by atoms with Crippen LogP contribution in [0.4, 0.5) is 11.4 Å². The van der Waals surface area contributed by atoms with Crippen molar-refractivity contribution in [3.05, 3.63) is 88.7 Å². The molecule has 2 heterocycles. The second-order valence-electron chi connectivity index (χ2n) is 8.20. The first-order valence-corrected chi connectivity index (χ1v) is 10.9. The lowest BCUT2D eigenvalue weighted by molar-refractivity contribution is -0.139. The highest BCUT2D eigenvalue weighted by Gasteiger charge is 2.42. The van der Waals surface area contributed by atoms with E-state index in [-0.39, 0.29) is 29.2 Å². The van der Waals surface area contributed by atoms with Crippen LogP contribution in [-0.4, -0.2) is 27.9 Å². The lowest BCUT2D eigenvalue weighted by Crippen LogP contribution is -2.59. The fraction of sp³-hybridized carbons (Fsp3) is 0.160. The van der Waals surface area contributed by atoms with Gasteiger partial charge in [-0.3, -0.25) is 24.6 Å². The molecular weight excluding hydrogens is 434 g/mol. The minimum atomic E-state index is -0.402. The summed E-state index contributed by atoms with van der Waals surface area (Å²) in [6.45, 7) is 0. The monoisotopic (exact) mass is 455 g/mol. The van der Waals surface area contributed by atoms with Gasteiger partial charge in [0.2, 0.25) is 11.8 Å². The van der Waals surface area contributed by atoms with Gasteiger partial charge in [0.05, 0.1) is 23.2 Å². The van der Waals surface area contributed by atoms with E-state index in [9.17, 15) is 19.2 Å². The molecule has 1 saturated heterocycles. The molecule has 2 atom stereocenters. The summed E-state index contributed by atoms with van der Waals surface area (Å²) in [5.74, 6) is -1.52. The Hall–Kier alpha value is -4.53. The average Bonchev–Trinajstić information content (AvgIpc) is 2.87. The third-order valence-electron chi connectivity index (χ3n) is 5.99. The topological polar surface area (TPSA) is 124 Å². The number of amides is 3. The van der Waals surface area contributed by atoms with Gasteiger partial charge in [-0.2, -0.15) is 5.10 Å². The predicted octanol–water partition coefficient (Wildman–Crippen LogP) is 2.65. The first-order valence-electron chi connectivity index (χ1n) is 10.9. The molecule has 170 valence electrons. The van der Waals surface area contributed by atoms with Crippen molar-refractivity contribution in [1.82, 2.24) is 15.6 Å². The van der Waals surface area contributed by atoms with E-state index in [1.54, 1.807) is 48.5 Å². The molecule has 9 heteroatoms. The van der Waals surface area contributed by atoms with Crippen molar-refractivity contribution in [2.45, 2.75) is 12.8 Å². The molecule has 9 nitrogen and oxygen atoms in total. The van der Waals surface area contributed by atoms with Crippen LogP contribution in [0.25, 0.3) is 11.3 Å². The molecule has 3 aromatic rings. The predicted molar refractivity (Wildman–Crippen MR) is 126 cm³/mol. The van der Waals surface area contributed by atoms with Gasteiger partial charge in [0, 0.05) is 22.9 Å². The highest BCUT2D eigenvalue weighted by molar-refractivity contribution is 6.07. The second-order valence-corrected chi connectivity index (χ2v) is 8.20. The van der Waals surface area contributed by atoms with Gasteiger partial charge in [-0.05, 0) is 49.2 Å². The SMILES string of the molecule is O=C(Nc1cccc(-c2ccc(=O)[nH]n2)c1)c1cccc(N2NC(=O)C3CC=CCC3C2=O)c1. The molecule has 3 amide bonds. The van der Waals surface area contributed by atoms with Gasteiger partial charge >= 0.3 is 0 Å². The molecule has 34 heavy (non-hydrogen) atoms. The van der Waals surface area contributed by atoms with Crippen LogP contribution in [0.3, 0.4) is 0 Å². The number of aromatic amines is 1. The van der Waals surface area contributed by atoms with Crippen LogP contribution >= 0.6 is 0 Å². The van der Waals surface area contributed by atoms with Crippen LogP contribution in [-0.2, 0) is 9.59 Å². The molecule has 5 rings (SSSR count). The number of nitrogens with zero attached hydrogens (tertiary/aromatic N) is 2. The van der Waals surface area contributed by atoms with Gasteiger partial charge in [-0.15, -0.1) is 0 Å². The Morgan fingerprint density at radius 2 is 1.74 bits per heavy atom. The number of hydrogen-bond acceptors (Lipinski definition) is 5. The van der Waals surface area contributed by atoms with E-state index >= 15 is 0 Å². The minimum absolute atomic E-state index is 0.187. The molecule has 2 aromatic carbocycles. The lowest BCUT2D eigenvalue weighted by Gasteiger charge is -2.38. The number of rotatable bonds is 4. The third-order valence-corrected chi connectivity index (χ3v) is 5.99. The number of benzene rings is 2. The van der Waals surface area contributed by atoms with Crippen molar-refractivity contribution in [1.29, 1.82) is 0 Å². The van der Waals surface area contributed by atoms with E-state index in [4.69, 9.17) is 0 Å². The smallest absolute Gasteiger partial charge is 0.264 e. The number of allylic oxidation sites excluding steroid dienone is 2. The zero-order valence-electron chi connectivity index (χ0n) is 18.0. The van der Waals surface area contributed by atoms with Crippen molar-refractivity contribution in [2.24, 2.45) is 11.8 Å². The van der Waals surface area contributed by atoms with Gasteiger partial charge in [-0.1, -0.05) is 30.4 Å². The van der Waals surface area contributed by atoms with Crippen molar-refractivity contribution in [2.75, 3.05) is 10.3 Å². The lowest BCUT2D eigenvalue weighted by atomic mass is 9.80. The molecule has 1 aliphatic carbocycles. The summed E-state index contributed by atoms with van der Waals surface area (Å²) in [6, 6.07) is 16.6. The fourth-order valence-electron chi connectivity index (χ4n) is 4.23. The molecular formula is C25H21N5O4. The maximum Gasteiger partial charge on any atom is 0.264 e. The molecule has 0 radical (unpaired) electrons. The van der Waals surface area contributed by atoms with Crippen molar-refractivity contribution in [3.8, 4) is 11.3 Å². The summed E-state index contributed by atoms with van der Waals surface area (Å²) in [5.41, 5.74) is 4.96. The Balaban J connectivity index is 1.35. The number of hydrazine groups is 1. The number of H-pyrrole nitrogens is 1. The number of aromatic nitrogens is 2. The van der Waals surface area contributed by atoms with Gasteiger partial charge < -0.3 is 5.32 Å². The van der Waals surface area contributed by atoms with E-state index in [1.807, 2.05) is 18.2 Å². The van der Waals surface area contributed by atoms with E-state index in [2.05, 4.69) is 20.9 Å². The molecule has 2 unspecified atom stereocenters. The van der Waals surface area contributed by atoms with Gasteiger partial charge in [-0.25, -0.2) is 10.1 Å². The van der Waals surface area contributed by atoms with Crippen LogP contribution < -0.4 is 21.3 Å². The Kier molecular flexibility index (Phi) is 5.51. The van der Waals surface area contributed by atoms with E-state index in [0.717, 1.165) is 5.56 Å². The quantitative estimate of drug-likeness (QED) is 0.522. The number of hydrogen-bond donors (Lipinski definition) is 3. The zero-order valence-corrected chi connectivity index (χ0v) is 18.0. The number of fused-ring (bicyclic) bond motifs is 1. The third kappa shape index (κ3) is 4.11. The highest BCUT2D eigenvalue weighted by Crippen LogP contribution is 2.32. The number of nitrogens with one attached hydrogen (secondary N) is 3. The maximum absolute atomic E-state index is 13.0. The zero-order chi connectivity index (χ0) is 23.7. The average molecular weight is 455 g/mol. The van der Waals surface area contributed by atoms with E-state index in [0.29, 0.717) is 35.5 Å². The molecule has 1 aliphatic heterocycles. The molecule has 3 N–H and O–H groups in total. The number of anilines is 2. The summed E-state index contributed by atoms with van der Waals surface area (Å²) in [4.78, 5) is 49.7. The van der Waals surface area contributed by atoms with Gasteiger partial charge in [0.15, 0.2) is 0 Å². The molecule has 1 aromatic heterocycles. The Morgan fingerprint density at radius 1 is 0.941 bits per heavy atom. The summed E-state index contributed by atoms with van der Waals surface area (Å²) in [7, 11) is 0. The number of carbonyl (C=O) groups excluding carboxylic acids is 3. The summed E-state index contributed by atoms with van der Waals surface area (Å²) < 4.78 is 0. The molecule has 0 bridgehead atoms. The summed E-state index contributed by atoms with van der Waals surface area (Å²) >= 11 is 0. The normalized spacial score (nSPS) is 19.4. The van der Waals surface area contributed by atoms with Crippen molar-refractivity contribution >= 4 is 29.1 Å². The van der Waals surface area contributed by atoms with E-state index < -0.39 is 5.92 Å². The van der Waals surface area contributed by atoms with Crippen LogP contribution in [0.1, 0.15) is 23.2 Å². The van der Waals surface area contributed by atoms with Gasteiger partial charge in [0.1, 0.15) is 0 Å². The number of carbonyl (C=O) groups is 3. The molecule has 1 fully saturated rings. The van der Waals surface area contributed by atoms with Crippen LogP contribution in [0.15, 0.2) is 77.6 Å². The largest absolute Gasteiger partial charge is 0.322 e. The summed E-state index contributed by atoms with van der Waals surface area (Å²) in [6.07, 6.45) is 4.92. The first-order chi connectivity index (χ1) is 16.5. The maximum atomic E-state index is 13.0. The Labute approximate surface area is 194 Å². The van der Waals surface area contributed by atoms with Crippen LogP contribution in [0.5, 0.6) is 0 Å². The Morgan fingerprint density at radius 3 is 2.53 bits per heavy atom. The van der Waals surface area contributed by atoms with Crippen molar-refractivity contribution in [3.63, 3.8) is 0 Å². The Bertz CT molecular complexity index is 1360. The minimum Gasteiger partial charge on any atom is -0.322 e. The van der Waals surface area contributed by atoms with E-state index in [1.165, 1.54) is 11.1 Å². The molecule has 2 aliphatic rings. The first kappa shape index (κ1) is 21.3.